The van der Waals surface area contributed by atoms with Crippen molar-refractivity contribution < 1.29 is 9.53 Å². The van der Waals surface area contributed by atoms with Crippen LogP contribution in [0.3, 0.4) is 0 Å². The van der Waals surface area contributed by atoms with Crippen LogP contribution in [0.1, 0.15) is 51.4 Å². The van der Waals surface area contributed by atoms with Crippen LogP contribution in [0.15, 0.2) is 0 Å². The fraction of sp³-hybridized carbons (Fsp3) is 0.938. The van der Waals surface area contributed by atoms with E-state index in [0.717, 1.165) is 39.1 Å². The highest BCUT2D eigenvalue weighted by Gasteiger charge is 2.43. The maximum absolute atomic E-state index is 12.6. The third-order valence-electron chi connectivity index (χ3n) is 4.92. The Balaban J connectivity index is 1.94. The van der Waals surface area contributed by atoms with E-state index in [1.54, 1.807) is 7.11 Å². The van der Waals surface area contributed by atoms with Crippen molar-refractivity contribution in [3.63, 3.8) is 0 Å². The molecular weight excluding hydrogens is 252 g/mol. The molecule has 0 bridgehead atoms. The minimum atomic E-state index is 0.142. The van der Waals surface area contributed by atoms with Crippen LogP contribution in [0.25, 0.3) is 0 Å². The van der Waals surface area contributed by atoms with Gasteiger partial charge in [0.15, 0.2) is 0 Å². The number of hydrogen-bond acceptors (Lipinski definition) is 3. The molecule has 4 heteroatoms. The van der Waals surface area contributed by atoms with Crippen LogP contribution in [-0.4, -0.2) is 61.6 Å². The van der Waals surface area contributed by atoms with Crippen LogP contribution >= 0.6 is 0 Å². The second-order valence-corrected chi connectivity index (χ2v) is 6.52. The largest absolute Gasteiger partial charge is 0.385 e. The van der Waals surface area contributed by atoms with Gasteiger partial charge in [0.05, 0.1) is 5.54 Å². The summed E-state index contributed by atoms with van der Waals surface area (Å²) in [4.78, 5) is 17.2. The van der Waals surface area contributed by atoms with Gasteiger partial charge in [0, 0.05) is 39.8 Å². The van der Waals surface area contributed by atoms with Crippen LogP contribution in [0.4, 0.5) is 0 Å². The summed E-state index contributed by atoms with van der Waals surface area (Å²) in [5.74, 6) is 0.371. The molecule has 1 saturated heterocycles. The lowest BCUT2D eigenvalue weighted by atomic mass is 9.78. The molecule has 0 N–H and O–H groups in total. The fourth-order valence-corrected chi connectivity index (χ4v) is 3.86. The summed E-state index contributed by atoms with van der Waals surface area (Å²) in [5, 5.41) is 0. The van der Waals surface area contributed by atoms with Crippen LogP contribution < -0.4 is 0 Å². The molecule has 0 aromatic heterocycles. The van der Waals surface area contributed by atoms with E-state index in [-0.39, 0.29) is 5.54 Å². The number of carbonyl (C=O) groups excluding carboxylic acids is 1. The summed E-state index contributed by atoms with van der Waals surface area (Å²) >= 11 is 0. The fourth-order valence-electron chi connectivity index (χ4n) is 3.86. The third-order valence-corrected chi connectivity index (χ3v) is 4.92. The molecule has 2 rings (SSSR count). The van der Waals surface area contributed by atoms with Gasteiger partial charge in [-0.05, 0) is 32.7 Å². The first-order valence-corrected chi connectivity index (χ1v) is 8.16. The number of likely N-dealkylation sites (N-methyl/N-ethyl adjacent to an activating group) is 1. The van der Waals surface area contributed by atoms with E-state index < -0.39 is 0 Å². The standard InChI is InChI=1S/C16H30N2O2/c1-17-11-12-18(15(19)8-4-7-13-20-2)16(14-17)9-5-3-6-10-16/h3-14H2,1-2H3. The van der Waals surface area contributed by atoms with E-state index in [1.165, 1.54) is 32.1 Å². The normalized spacial score (nSPS) is 23.2. The number of hydrogen-bond donors (Lipinski definition) is 0. The van der Waals surface area contributed by atoms with Gasteiger partial charge in [-0.25, -0.2) is 0 Å². The van der Waals surface area contributed by atoms with E-state index in [4.69, 9.17) is 4.74 Å². The topological polar surface area (TPSA) is 32.8 Å². The predicted octanol–water partition coefficient (Wildman–Crippen LogP) is 2.28. The van der Waals surface area contributed by atoms with Crippen molar-refractivity contribution in [1.29, 1.82) is 0 Å². The smallest absolute Gasteiger partial charge is 0.223 e. The molecule has 0 radical (unpaired) electrons. The number of piperazine rings is 1. The summed E-state index contributed by atoms with van der Waals surface area (Å²) in [6.45, 7) is 3.77. The number of nitrogens with zero attached hydrogens (tertiary/aromatic N) is 2. The molecule has 1 aliphatic heterocycles. The second-order valence-electron chi connectivity index (χ2n) is 6.52. The molecule has 4 nitrogen and oxygen atoms in total. The Morgan fingerprint density at radius 1 is 1.15 bits per heavy atom. The molecule has 1 heterocycles. The lowest BCUT2D eigenvalue weighted by Crippen LogP contribution is -2.63. The van der Waals surface area contributed by atoms with E-state index in [1.807, 2.05) is 0 Å². The number of amides is 1. The zero-order valence-corrected chi connectivity index (χ0v) is 13.2. The predicted molar refractivity (Wildman–Crippen MR) is 80.8 cm³/mol. The minimum Gasteiger partial charge on any atom is -0.385 e. The number of ether oxygens (including phenoxy) is 1. The van der Waals surface area contributed by atoms with Crippen molar-refractivity contribution in [2.24, 2.45) is 0 Å². The van der Waals surface area contributed by atoms with E-state index in [9.17, 15) is 4.79 Å². The molecule has 0 aromatic rings. The van der Waals surface area contributed by atoms with Gasteiger partial charge in [0.1, 0.15) is 0 Å². The van der Waals surface area contributed by atoms with E-state index in [0.29, 0.717) is 12.3 Å². The summed E-state index contributed by atoms with van der Waals surface area (Å²) in [6.07, 6.45) is 8.92. The quantitative estimate of drug-likeness (QED) is 0.725. The highest BCUT2D eigenvalue weighted by Crippen LogP contribution is 2.36. The molecule has 1 aliphatic carbocycles. The molecule has 2 fully saturated rings. The van der Waals surface area contributed by atoms with Crippen molar-refractivity contribution in [3.8, 4) is 0 Å². The lowest BCUT2D eigenvalue weighted by Gasteiger charge is -2.52. The SMILES string of the molecule is COCCCCC(=O)N1CCN(C)CC12CCCCC2. The maximum Gasteiger partial charge on any atom is 0.223 e. The van der Waals surface area contributed by atoms with Gasteiger partial charge in [-0.15, -0.1) is 0 Å². The maximum atomic E-state index is 12.6. The number of carbonyl (C=O) groups is 1. The Hall–Kier alpha value is -0.610. The van der Waals surface area contributed by atoms with Gasteiger partial charge in [-0.1, -0.05) is 19.3 Å². The van der Waals surface area contributed by atoms with Crippen molar-refractivity contribution in [1.82, 2.24) is 9.80 Å². The van der Waals surface area contributed by atoms with Gasteiger partial charge in [0.2, 0.25) is 5.91 Å². The first-order chi connectivity index (χ1) is 9.68. The van der Waals surface area contributed by atoms with Gasteiger partial charge >= 0.3 is 0 Å². The summed E-state index contributed by atoms with van der Waals surface area (Å²) in [5.41, 5.74) is 0.142. The number of methoxy groups -OCH3 is 1. The van der Waals surface area contributed by atoms with Crippen LogP contribution in [-0.2, 0) is 9.53 Å². The zero-order chi connectivity index (χ0) is 14.4. The molecular formula is C16H30N2O2. The Kier molecular flexibility index (Phi) is 5.85. The average molecular weight is 282 g/mol. The monoisotopic (exact) mass is 282 g/mol. The van der Waals surface area contributed by atoms with Gasteiger partial charge < -0.3 is 14.5 Å². The van der Waals surface area contributed by atoms with Gasteiger partial charge in [-0.2, -0.15) is 0 Å². The van der Waals surface area contributed by atoms with Gasteiger partial charge in [-0.3, -0.25) is 4.79 Å². The Morgan fingerprint density at radius 3 is 2.60 bits per heavy atom. The van der Waals surface area contributed by atoms with Crippen molar-refractivity contribution in [2.45, 2.75) is 56.9 Å². The van der Waals surface area contributed by atoms with Crippen molar-refractivity contribution >= 4 is 5.91 Å². The molecule has 1 spiro atoms. The van der Waals surface area contributed by atoms with Crippen LogP contribution in [0.5, 0.6) is 0 Å². The molecule has 2 aliphatic rings. The number of rotatable bonds is 5. The number of unbranched alkanes of at least 4 members (excludes halogenated alkanes) is 1. The molecule has 0 aromatic carbocycles. The highest BCUT2D eigenvalue weighted by atomic mass is 16.5. The Bertz CT molecular complexity index is 314. The molecule has 1 saturated carbocycles. The molecule has 0 unspecified atom stereocenters. The zero-order valence-electron chi connectivity index (χ0n) is 13.2. The Morgan fingerprint density at radius 2 is 1.90 bits per heavy atom. The summed E-state index contributed by atoms with van der Waals surface area (Å²) < 4.78 is 5.06. The first-order valence-electron chi connectivity index (χ1n) is 8.16. The highest BCUT2D eigenvalue weighted by molar-refractivity contribution is 5.77. The van der Waals surface area contributed by atoms with Crippen LogP contribution in [0, 0.1) is 0 Å². The Labute approximate surface area is 123 Å². The van der Waals surface area contributed by atoms with Crippen molar-refractivity contribution in [3.05, 3.63) is 0 Å². The molecule has 1 amide bonds. The lowest BCUT2D eigenvalue weighted by molar-refractivity contribution is -0.144. The molecule has 0 atom stereocenters. The van der Waals surface area contributed by atoms with Crippen LogP contribution in [0.2, 0.25) is 0 Å². The molecule has 20 heavy (non-hydrogen) atoms. The van der Waals surface area contributed by atoms with E-state index >= 15 is 0 Å². The second kappa shape index (κ2) is 7.41. The first kappa shape index (κ1) is 15.8. The summed E-state index contributed by atoms with van der Waals surface area (Å²) in [7, 11) is 3.91. The van der Waals surface area contributed by atoms with Gasteiger partial charge in [0.25, 0.3) is 0 Å². The van der Waals surface area contributed by atoms with E-state index in [2.05, 4.69) is 16.8 Å². The average Bonchev–Trinajstić information content (AvgIpc) is 2.44. The third kappa shape index (κ3) is 3.73. The molecule has 116 valence electrons. The van der Waals surface area contributed by atoms with Crippen molar-refractivity contribution in [2.75, 3.05) is 40.4 Å². The summed E-state index contributed by atoms with van der Waals surface area (Å²) in [6, 6.07) is 0. The minimum absolute atomic E-state index is 0.142.